The minimum atomic E-state index is -0.238. The van der Waals surface area contributed by atoms with Gasteiger partial charge in [0.25, 0.3) is 0 Å². The predicted molar refractivity (Wildman–Crippen MR) is 281 cm³/mol. The molecule has 0 N–H and O–H groups in total. The van der Waals surface area contributed by atoms with Crippen LogP contribution in [0, 0.1) is 0 Å². The van der Waals surface area contributed by atoms with Crippen molar-refractivity contribution in [3.05, 3.63) is 203 Å². The molecular formula is C62H58N2S. The molecule has 0 amide bonds. The second kappa shape index (κ2) is 14.5. The maximum Gasteiger partial charge on any atom is 0.0640 e. The first-order chi connectivity index (χ1) is 31.0. The molecule has 2 nitrogen and oxygen atoms in total. The molecule has 1 aromatic heterocycles. The molecule has 0 bridgehead atoms. The number of hydrogen-bond donors (Lipinski definition) is 0. The van der Waals surface area contributed by atoms with Gasteiger partial charge in [0.05, 0.1) is 27.4 Å². The zero-order valence-corrected chi connectivity index (χ0v) is 40.3. The van der Waals surface area contributed by atoms with Crippen molar-refractivity contribution in [1.29, 1.82) is 0 Å². The van der Waals surface area contributed by atoms with Gasteiger partial charge in [-0.1, -0.05) is 178 Å². The number of benzene rings is 8. The molecule has 9 aromatic rings. The molecule has 0 spiro atoms. The lowest BCUT2D eigenvalue weighted by molar-refractivity contribution is 0.570. The first kappa shape index (κ1) is 41.3. The van der Waals surface area contributed by atoms with Gasteiger partial charge in [-0.05, 0) is 127 Å². The Morgan fingerprint density at radius 3 is 1.45 bits per heavy atom. The molecule has 0 radical (unpaired) electrons. The van der Waals surface area contributed by atoms with Gasteiger partial charge in [-0.2, -0.15) is 0 Å². The molecule has 2 aliphatic heterocycles. The Hall–Kier alpha value is -6.42. The van der Waals surface area contributed by atoms with E-state index < -0.39 is 0 Å². The number of hydrogen-bond acceptors (Lipinski definition) is 3. The van der Waals surface area contributed by atoms with E-state index in [1.807, 2.05) is 11.3 Å². The molecular weight excluding hydrogens is 805 g/mol. The fraction of sp³-hybridized carbons (Fsp3) is 0.226. The fourth-order valence-electron chi connectivity index (χ4n) is 10.6. The van der Waals surface area contributed by atoms with Gasteiger partial charge in [0.1, 0.15) is 0 Å². The quantitative estimate of drug-likeness (QED) is 0.170. The monoisotopic (exact) mass is 862 g/mol. The Morgan fingerprint density at radius 1 is 0.431 bits per heavy atom. The average molecular weight is 863 g/mol. The normalized spacial score (nSPS) is 14.8. The summed E-state index contributed by atoms with van der Waals surface area (Å²) in [5, 5.41) is 2.60. The third-order valence-corrected chi connectivity index (χ3v) is 15.8. The van der Waals surface area contributed by atoms with Crippen LogP contribution in [-0.2, 0) is 21.7 Å². The van der Waals surface area contributed by atoms with Crippen LogP contribution < -0.4 is 9.80 Å². The van der Waals surface area contributed by atoms with Gasteiger partial charge in [0, 0.05) is 37.7 Å². The Balaban J connectivity index is 1.08. The molecule has 3 heteroatoms. The first-order valence-electron chi connectivity index (χ1n) is 23.3. The lowest BCUT2D eigenvalue weighted by Gasteiger charge is -2.50. The Labute approximate surface area is 389 Å². The van der Waals surface area contributed by atoms with E-state index in [2.05, 4.69) is 249 Å². The van der Waals surface area contributed by atoms with Crippen LogP contribution in [0.1, 0.15) is 103 Å². The summed E-state index contributed by atoms with van der Waals surface area (Å²) in [6.07, 6.45) is 0. The van der Waals surface area contributed by atoms with Crippen LogP contribution in [0.3, 0.4) is 0 Å². The van der Waals surface area contributed by atoms with Gasteiger partial charge < -0.3 is 9.80 Å². The molecule has 0 atom stereocenters. The van der Waals surface area contributed by atoms with Crippen molar-refractivity contribution < 1.29 is 0 Å². The standard InChI is InChI=1S/C62H58N2S/c1-59(2,3)43-27-33-53-49(37-43)61(7,8)51-35-42(36-52-57(51)64(53)54-34-28-44(60(4,5)6)38-50(54)62(52,9)10)41-25-31-46(32-26-41)63(45-29-23-40(24-30-45)39-17-12-11-13-18-39)55-21-16-20-48-47-19-14-15-22-56(47)65-58(48)55/h11-38H,1-10H3. The summed E-state index contributed by atoms with van der Waals surface area (Å²) in [7, 11) is 0. The van der Waals surface area contributed by atoms with Gasteiger partial charge in [0.15, 0.2) is 0 Å². The van der Waals surface area contributed by atoms with Crippen LogP contribution >= 0.6 is 11.3 Å². The highest BCUT2D eigenvalue weighted by Gasteiger charge is 2.46. The Bertz CT molecular complexity index is 3220. The molecule has 2 aliphatic rings. The number of thiophene rings is 1. The summed E-state index contributed by atoms with van der Waals surface area (Å²) in [6, 6.07) is 64.2. The van der Waals surface area contributed by atoms with Crippen LogP contribution in [0.4, 0.5) is 34.1 Å². The molecule has 0 saturated heterocycles. The summed E-state index contributed by atoms with van der Waals surface area (Å²) in [6.45, 7) is 23.7. The average Bonchev–Trinajstić information content (AvgIpc) is 3.68. The van der Waals surface area contributed by atoms with Crippen molar-refractivity contribution in [3.8, 4) is 22.3 Å². The van der Waals surface area contributed by atoms with E-state index in [1.165, 1.54) is 98.6 Å². The zero-order chi connectivity index (χ0) is 45.2. The van der Waals surface area contributed by atoms with Crippen molar-refractivity contribution in [3.63, 3.8) is 0 Å². The van der Waals surface area contributed by atoms with Gasteiger partial charge in [0.2, 0.25) is 0 Å². The number of rotatable bonds is 5. The van der Waals surface area contributed by atoms with E-state index in [-0.39, 0.29) is 21.7 Å². The van der Waals surface area contributed by atoms with Gasteiger partial charge >= 0.3 is 0 Å². The summed E-state index contributed by atoms with van der Waals surface area (Å²) in [5.74, 6) is 0. The molecule has 0 aliphatic carbocycles. The lowest BCUT2D eigenvalue weighted by Crippen LogP contribution is -2.38. The van der Waals surface area contributed by atoms with Gasteiger partial charge in [-0.15, -0.1) is 11.3 Å². The zero-order valence-electron chi connectivity index (χ0n) is 39.5. The van der Waals surface area contributed by atoms with Crippen molar-refractivity contribution in [2.45, 2.75) is 90.9 Å². The highest BCUT2D eigenvalue weighted by atomic mass is 32.1. The van der Waals surface area contributed by atoms with Crippen molar-refractivity contribution >= 4 is 65.6 Å². The number of fused-ring (bicyclic) bond motifs is 7. The van der Waals surface area contributed by atoms with Gasteiger partial charge in [-0.3, -0.25) is 0 Å². The van der Waals surface area contributed by atoms with Crippen LogP contribution in [0.15, 0.2) is 170 Å². The molecule has 65 heavy (non-hydrogen) atoms. The van der Waals surface area contributed by atoms with E-state index in [4.69, 9.17) is 0 Å². The largest absolute Gasteiger partial charge is 0.309 e. The summed E-state index contributed by atoms with van der Waals surface area (Å²) < 4.78 is 2.59. The molecule has 8 aromatic carbocycles. The molecule has 3 heterocycles. The van der Waals surface area contributed by atoms with Crippen LogP contribution in [-0.4, -0.2) is 0 Å². The third kappa shape index (κ3) is 6.57. The van der Waals surface area contributed by atoms with Gasteiger partial charge in [-0.25, -0.2) is 0 Å². The predicted octanol–water partition coefficient (Wildman–Crippen LogP) is 18.2. The summed E-state index contributed by atoms with van der Waals surface area (Å²) in [5.41, 5.74) is 20.1. The van der Waals surface area contributed by atoms with Crippen molar-refractivity contribution in [2.75, 3.05) is 9.80 Å². The maximum absolute atomic E-state index is 2.60. The highest BCUT2D eigenvalue weighted by molar-refractivity contribution is 7.26. The van der Waals surface area contributed by atoms with Crippen LogP contribution in [0.25, 0.3) is 42.4 Å². The van der Waals surface area contributed by atoms with E-state index in [0.717, 1.165) is 11.4 Å². The molecule has 0 saturated carbocycles. The summed E-state index contributed by atoms with van der Waals surface area (Å²) in [4.78, 5) is 5.05. The minimum Gasteiger partial charge on any atom is -0.309 e. The second-order valence-corrected chi connectivity index (χ2v) is 22.6. The molecule has 0 fully saturated rings. The third-order valence-electron chi connectivity index (χ3n) is 14.5. The van der Waals surface area contributed by atoms with E-state index in [0.29, 0.717) is 0 Å². The highest BCUT2D eigenvalue weighted by Crippen LogP contribution is 2.61. The van der Waals surface area contributed by atoms with E-state index >= 15 is 0 Å². The smallest absolute Gasteiger partial charge is 0.0640 e. The number of anilines is 6. The minimum absolute atomic E-state index is 0.0316. The maximum atomic E-state index is 2.60. The topological polar surface area (TPSA) is 6.48 Å². The molecule has 322 valence electrons. The van der Waals surface area contributed by atoms with Crippen molar-refractivity contribution in [1.82, 2.24) is 0 Å². The van der Waals surface area contributed by atoms with E-state index in [9.17, 15) is 0 Å². The van der Waals surface area contributed by atoms with Crippen LogP contribution in [0.2, 0.25) is 0 Å². The Kier molecular flexibility index (Phi) is 9.24. The molecule has 11 rings (SSSR count). The van der Waals surface area contributed by atoms with Crippen molar-refractivity contribution in [2.24, 2.45) is 0 Å². The summed E-state index contributed by atoms with van der Waals surface area (Å²) >= 11 is 1.88. The lowest BCUT2D eigenvalue weighted by atomic mass is 9.64. The SMILES string of the molecule is CC(C)(C)c1ccc2c(c1)C(C)(C)c1cc(-c3ccc(N(c4ccc(-c5ccccc5)cc4)c4cccc5c4sc4ccccc45)cc3)cc3c1N2c1ccc(C(C)(C)C)cc1C3(C)C. The Morgan fingerprint density at radius 2 is 0.908 bits per heavy atom. The van der Waals surface area contributed by atoms with E-state index in [1.54, 1.807) is 0 Å². The second-order valence-electron chi connectivity index (χ2n) is 21.5. The fourth-order valence-corrected chi connectivity index (χ4v) is 11.8. The van der Waals surface area contributed by atoms with Crippen LogP contribution in [0.5, 0.6) is 0 Å². The first-order valence-corrected chi connectivity index (χ1v) is 24.1. The number of nitrogens with zero attached hydrogens (tertiary/aromatic N) is 2. The molecule has 0 unspecified atom stereocenters.